The third-order valence-corrected chi connectivity index (χ3v) is 3.37. The lowest BCUT2D eigenvalue weighted by Gasteiger charge is -2.27. The van der Waals surface area contributed by atoms with Crippen LogP contribution in [-0.4, -0.2) is 19.8 Å². The van der Waals surface area contributed by atoms with Gasteiger partial charge in [0.15, 0.2) is 0 Å². The molecule has 0 aliphatic carbocycles. The minimum Gasteiger partial charge on any atom is -0.385 e. The Kier molecular flexibility index (Phi) is 6.69. The first-order valence-corrected chi connectivity index (χ1v) is 6.92. The highest BCUT2D eigenvalue weighted by molar-refractivity contribution is 6.30. The molecule has 1 aromatic carbocycles. The first-order chi connectivity index (χ1) is 8.54. The van der Waals surface area contributed by atoms with Gasteiger partial charge in [0, 0.05) is 30.8 Å². The molecule has 0 saturated carbocycles. The van der Waals surface area contributed by atoms with E-state index in [0.717, 1.165) is 18.1 Å². The maximum Gasteiger partial charge on any atom is 0.0476 e. The molecule has 3 heteroatoms. The maximum atomic E-state index is 5.93. The maximum absolute atomic E-state index is 5.93. The summed E-state index contributed by atoms with van der Waals surface area (Å²) in [6.07, 6.45) is 1.02. The highest BCUT2D eigenvalue weighted by Gasteiger charge is 2.17. The Balaban J connectivity index is 2.68. The van der Waals surface area contributed by atoms with Crippen LogP contribution in [0, 0.1) is 5.92 Å². The predicted octanol–water partition coefficient (Wildman–Crippen LogP) is 4.05. The van der Waals surface area contributed by atoms with E-state index in [4.69, 9.17) is 16.3 Å². The minimum atomic E-state index is 0.356. The normalized spacial score (nSPS) is 14.8. The van der Waals surface area contributed by atoms with Crippen molar-refractivity contribution in [3.05, 3.63) is 34.9 Å². The van der Waals surface area contributed by atoms with E-state index in [1.165, 1.54) is 5.56 Å². The largest absolute Gasteiger partial charge is 0.385 e. The summed E-state index contributed by atoms with van der Waals surface area (Å²) in [5, 5.41) is 4.45. The lowest BCUT2D eigenvalue weighted by Crippen LogP contribution is -2.34. The van der Waals surface area contributed by atoms with E-state index in [1.807, 2.05) is 12.1 Å². The van der Waals surface area contributed by atoms with Crippen molar-refractivity contribution in [3.63, 3.8) is 0 Å². The zero-order chi connectivity index (χ0) is 13.5. The van der Waals surface area contributed by atoms with Crippen LogP contribution in [0.4, 0.5) is 0 Å². The van der Waals surface area contributed by atoms with Crippen LogP contribution < -0.4 is 5.32 Å². The van der Waals surface area contributed by atoms with E-state index in [2.05, 4.69) is 38.2 Å². The summed E-state index contributed by atoms with van der Waals surface area (Å²) in [6, 6.07) is 8.90. The molecule has 2 nitrogen and oxygen atoms in total. The van der Waals surface area contributed by atoms with Gasteiger partial charge in [-0.15, -0.1) is 0 Å². The first-order valence-electron chi connectivity index (χ1n) is 6.55. The smallest absolute Gasteiger partial charge is 0.0476 e. The molecule has 0 aromatic heterocycles. The fourth-order valence-corrected chi connectivity index (χ4v) is 2.15. The second-order valence-electron chi connectivity index (χ2n) is 5.12. The van der Waals surface area contributed by atoms with Crippen LogP contribution in [0.2, 0.25) is 5.02 Å². The summed E-state index contributed by atoms with van der Waals surface area (Å²) in [5.41, 5.74) is 1.29. The Morgan fingerprint density at radius 2 is 1.78 bits per heavy atom. The third-order valence-electron chi connectivity index (χ3n) is 3.11. The number of methoxy groups -OCH3 is 1. The molecule has 102 valence electrons. The lowest BCUT2D eigenvalue weighted by molar-refractivity contribution is 0.180. The van der Waals surface area contributed by atoms with Crippen LogP contribution in [0.15, 0.2) is 24.3 Å². The molecular formula is C15H24ClNO. The average Bonchev–Trinajstić information content (AvgIpc) is 2.34. The van der Waals surface area contributed by atoms with E-state index in [1.54, 1.807) is 7.11 Å². The van der Waals surface area contributed by atoms with Crippen LogP contribution in [0.25, 0.3) is 0 Å². The topological polar surface area (TPSA) is 21.3 Å². The Bertz CT molecular complexity index is 337. The van der Waals surface area contributed by atoms with Crippen molar-refractivity contribution in [2.75, 3.05) is 13.7 Å². The van der Waals surface area contributed by atoms with Crippen molar-refractivity contribution in [2.24, 2.45) is 5.92 Å². The molecule has 0 spiro atoms. The van der Waals surface area contributed by atoms with Crippen molar-refractivity contribution in [1.29, 1.82) is 0 Å². The molecule has 0 bridgehead atoms. The van der Waals surface area contributed by atoms with Gasteiger partial charge in [-0.1, -0.05) is 37.6 Å². The molecule has 0 heterocycles. The van der Waals surface area contributed by atoms with Crippen LogP contribution in [-0.2, 0) is 4.74 Å². The molecular weight excluding hydrogens is 246 g/mol. The van der Waals surface area contributed by atoms with Gasteiger partial charge < -0.3 is 10.1 Å². The molecule has 1 N–H and O–H groups in total. The molecule has 0 aliphatic heterocycles. The van der Waals surface area contributed by atoms with Gasteiger partial charge in [0.2, 0.25) is 0 Å². The summed E-state index contributed by atoms with van der Waals surface area (Å²) in [7, 11) is 1.74. The van der Waals surface area contributed by atoms with E-state index in [-0.39, 0.29) is 0 Å². The average molecular weight is 270 g/mol. The summed E-state index contributed by atoms with van der Waals surface area (Å²) >= 11 is 5.93. The fourth-order valence-electron chi connectivity index (χ4n) is 2.03. The van der Waals surface area contributed by atoms with Gasteiger partial charge in [-0.2, -0.15) is 0 Å². The second-order valence-corrected chi connectivity index (χ2v) is 5.56. The highest BCUT2D eigenvalue weighted by atomic mass is 35.5. The van der Waals surface area contributed by atoms with Gasteiger partial charge in [-0.25, -0.2) is 0 Å². The second kappa shape index (κ2) is 7.78. The number of halogens is 1. The SMILES string of the molecule is COCCC(C)NC(c1ccc(Cl)cc1)C(C)C. The highest BCUT2D eigenvalue weighted by Crippen LogP contribution is 2.24. The van der Waals surface area contributed by atoms with Gasteiger partial charge in [0.25, 0.3) is 0 Å². The van der Waals surface area contributed by atoms with Gasteiger partial charge >= 0.3 is 0 Å². The van der Waals surface area contributed by atoms with E-state index >= 15 is 0 Å². The Morgan fingerprint density at radius 1 is 1.17 bits per heavy atom. The number of benzene rings is 1. The van der Waals surface area contributed by atoms with Crippen LogP contribution in [0.1, 0.15) is 38.8 Å². The number of ether oxygens (including phenoxy) is 1. The van der Waals surface area contributed by atoms with Crippen molar-refractivity contribution < 1.29 is 4.74 Å². The molecule has 0 saturated heterocycles. The molecule has 1 aromatic rings. The number of rotatable bonds is 7. The Hall–Kier alpha value is -0.570. The lowest BCUT2D eigenvalue weighted by atomic mass is 9.95. The standard InChI is InChI=1S/C15H24ClNO/c1-11(2)15(17-12(3)9-10-18-4)13-5-7-14(16)8-6-13/h5-8,11-12,15,17H,9-10H2,1-4H3. The van der Waals surface area contributed by atoms with E-state index in [0.29, 0.717) is 18.0 Å². The van der Waals surface area contributed by atoms with Gasteiger partial charge in [0.1, 0.15) is 0 Å². The number of hydrogen-bond donors (Lipinski definition) is 1. The van der Waals surface area contributed by atoms with Crippen LogP contribution in [0.3, 0.4) is 0 Å². The Morgan fingerprint density at radius 3 is 2.28 bits per heavy atom. The van der Waals surface area contributed by atoms with E-state index < -0.39 is 0 Å². The van der Waals surface area contributed by atoms with Gasteiger partial charge in [-0.05, 0) is 37.0 Å². The van der Waals surface area contributed by atoms with Crippen molar-refractivity contribution in [1.82, 2.24) is 5.32 Å². The Labute approximate surface area is 116 Å². The minimum absolute atomic E-state index is 0.356. The molecule has 2 atom stereocenters. The summed E-state index contributed by atoms with van der Waals surface area (Å²) < 4.78 is 5.12. The molecule has 0 radical (unpaired) electrons. The molecule has 0 aliphatic rings. The van der Waals surface area contributed by atoms with Crippen LogP contribution >= 0.6 is 11.6 Å². The molecule has 2 unspecified atom stereocenters. The summed E-state index contributed by atoms with van der Waals surface area (Å²) in [6.45, 7) is 7.45. The van der Waals surface area contributed by atoms with Gasteiger partial charge in [-0.3, -0.25) is 0 Å². The predicted molar refractivity (Wildman–Crippen MR) is 78.1 cm³/mol. The monoisotopic (exact) mass is 269 g/mol. The zero-order valence-electron chi connectivity index (χ0n) is 11.7. The van der Waals surface area contributed by atoms with Crippen molar-refractivity contribution in [2.45, 2.75) is 39.3 Å². The summed E-state index contributed by atoms with van der Waals surface area (Å²) in [5.74, 6) is 0.538. The van der Waals surface area contributed by atoms with Crippen molar-refractivity contribution in [3.8, 4) is 0 Å². The van der Waals surface area contributed by atoms with E-state index in [9.17, 15) is 0 Å². The quantitative estimate of drug-likeness (QED) is 0.806. The molecule has 0 fully saturated rings. The van der Waals surface area contributed by atoms with Gasteiger partial charge in [0.05, 0.1) is 0 Å². The third kappa shape index (κ3) is 4.97. The van der Waals surface area contributed by atoms with Crippen LogP contribution in [0.5, 0.6) is 0 Å². The number of hydrogen-bond acceptors (Lipinski definition) is 2. The first kappa shape index (κ1) is 15.5. The zero-order valence-corrected chi connectivity index (χ0v) is 12.5. The molecule has 1 rings (SSSR count). The summed E-state index contributed by atoms with van der Waals surface area (Å²) in [4.78, 5) is 0. The van der Waals surface area contributed by atoms with Crippen molar-refractivity contribution >= 4 is 11.6 Å². The molecule has 0 amide bonds. The number of nitrogens with one attached hydrogen (secondary N) is 1. The fraction of sp³-hybridized carbons (Fsp3) is 0.600. The molecule has 18 heavy (non-hydrogen) atoms.